The van der Waals surface area contributed by atoms with Crippen molar-refractivity contribution in [2.24, 2.45) is 11.3 Å². The smallest absolute Gasteiger partial charge is 0.326 e. The molecule has 0 saturated carbocycles. The quantitative estimate of drug-likeness (QED) is 0.753. The number of rotatable bonds is 6. The second kappa shape index (κ2) is 6.62. The molecule has 1 atom stereocenters. The molecule has 0 aromatic heterocycles. The van der Waals surface area contributed by atoms with E-state index in [2.05, 4.69) is 26.1 Å². The number of carbonyl (C=O) groups is 2. The van der Waals surface area contributed by atoms with E-state index in [-0.39, 0.29) is 17.2 Å². The second-order valence-corrected chi connectivity index (χ2v) is 6.04. The van der Waals surface area contributed by atoms with Crippen molar-refractivity contribution >= 4 is 11.9 Å². The molecular weight excluding hydrogens is 218 g/mol. The highest BCUT2D eigenvalue weighted by atomic mass is 16.4. The summed E-state index contributed by atoms with van der Waals surface area (Å²) in [5.41, 5.74) is 0.213. The molecular formula is C13H25NO3. The van der Waals surface area contributed by atoms with Crippen LogP contribution in [0.2, 0.25) is 0 Å². The Morgan fingerprint density at radius 1 is 1.24 bits per heavy atom. The van der Waals surface area contributed by atoms with E-state index in [1.54, 1.807) is 13.8 Å². The fourth-order valence-electron chi connectivity index (χ4n) is 1.54. The van der Waals surface area contributed by atoms with Gasteiger partial charge in [0.15, 0.2) is 0 Å². The van der Waals surface area contributed by atoms with Crippen LogP contribution in [0, 0.1) is 11.3 Å². The minimum absolute atomic E-state index is 0.0981. The molecule has 4 heteroatoms. The molecule has 0 fully saturated rings. The predicted molar refractivity (Wildman–Crippen MR) is 67.7 cm³/mol. The minimum atomic E-state index is -0.968. The molecule has 0 aromatic carbocycles. The molecule has 100 valence electrons. The molecule has 0 bridgehead atoms. The molecule has 0 aliphatic heterocycles. The first-order valence-corrected chi connectivity index (χ1v) is 6.15. The average Bonchev–Trinajstić information content (AvgIpc) is 2.10. The van der Waals surface area contributed by atoms with Gasteiger partial charge in [-0.25, -0.2) is 4.79 Å². The van der Waals surface area contributed by atoms with Crippen LogP contribution in [-0.2, 0) is 9.59 Å². The zero-order valence-corrected chi connectivity index (χ0v) is 11.5. The zero-order chi connectivity index (χ0) is 13.6. The lowest BCUT2D eigenvalue weighted by molar-refractivity contribution is -0.143. The van der Waals surface area contributed by atoms with Gasteiger partial charge in [-0.2, -0.15) is 0 Å². The van der Waals surface area contributed by atoms with E-state index in [1.165, 1.54) is 0 Å². The van der Waals surface area contributed by atoms with Gasteiger partial charge < -0.3 is 10.4 Å². The first-order valence-electron chi connectivity index (χ1n) is 6.15. The first-order chi connectivity index (χ1) is 7.63. The highest BCUT2D eigenvalue weighted by Crippen LogP contribution is 2.21. The van der Waals surface area contributed by atoms with Crippen LogP contribution in [0.25, 0.3) is 0 Å². The molecule has 0 heterocycles. The highest BCUT2D eigenvalue weighted by Gasteiger charge is 2.23. The fraction of sp³-hybridized carbons (Fsp3) is 0.846. The van der Waals surface area contributed by atoms with Crippen LogP contribution in [0.15, 0.2) is 0 Å². The number of carboxylic acids is 1. The third-order valence-corrected chi connectivity index (χ3v) is 2.58. The van der Waals surface area contributed by atoms with Gasteiger partial charge in [-0.1, -0.05) is 34.6 Å². The van der Waals surface area contributed by atoms with Crippen molar-refractivity contribution in [1.82, 2.24) is 5.32 Å². The van der Waals surface area contributed by atoms with Crippen LogP contribution < -0.4 is 5.32 Å². The average molecular weight is 243 g/mol. The van der Waals surface area contributed by atoms with Crippen LogP contribution >= 0.6 is 0 Å². The Labute approximate surface area is 104 Å². The molecule has 0 saturated heterocycles. The number of hydrogen-bond acceptors (Lipinski definition) is 2. The summed E-state index contributed by atoms with van der Waals surface area (Å²) >= 11 is 0. The van der Waals surface area contributed by atoms with Gasteiger partial charge >= 0.3 is 5.97 Å². The van der Waals surface area contributed by atoms with Gasteiger partial charge in [-0.05, 0) is 24.2 Å². The fourth-order valence-corrected chi connectivity index (χ4v) is 1.54. The van der Waals surface area contributed by atoms with Crippen LogP contribution in [0.4, 0.5) is 0 Å². The number of carboxylic acid groups (broad SMARTS) is 1. The maximum absolute atomic E-state index is 11.6. The first kappa shape index (κ1) is 15.9. The lowest BCUT2D eigenvalue weighted by Crippen LogP contribution is -2.44. The van der Waals surface area contributed by atoms with E-state index >= 15 is 0 Å². The molecule has 2 N–H and O–H groups in total. The predicted octanol–water partition coefficient (Wildman–Crippen LogP) is 2.43. The van der Waals surface area contributed by atoms with Crippen LogP contribution in [-0.4, -0.2) is 23.0 Å². The molecule has 0 rings (SSSR count). The van der Waals surface area contributed by atoms with E-state index in [4.69, 9.17) is 5.11 Å². The number of nitrogens with one attached hydrogen (secondary N) is 1. The van der Waals surface area contributed by atoms with Gasteiger partial charge in [0.1, 0.15) is 6.04 Å². The Balaban J connectivity index is 4.04. The molecule has 0 spiro atoms. The van der Waals surface area contributed by atoms with Crippen LogP contribution in [0.3, 0.4) is 0 Å². The summed E-state index contributed by atoms with van der Waals surface area (Å²) < 4.78 is 0. The van der Waals surface area contributed by atoms with Crippen molar-refractivity contribution in [2.45, 2.75) is 59.9 Å². The summed E-state index contributed by atoms with van der Waals surface area (Å²) in [6.07, 6.45) is 2.15. The van der Waals surface area contributed by atoms with Gasteiger partial charge in [0.2, 0.25) is 5.91 Å². The third kappa shape index (κ3) is 7.77. The summed E-state index contributed by atoms with van der Waals surface area (Å²) in [4.78, 5) is 22.5. The summed E-state index contributed by atoms with van der Waals surface area (Å²) in [6.45, 7) is 9.94. The SMILES string of the molecule is CC(C)[C@H](NC(=O)CCCC(C)(C)C)C(=O)O. The normalized spacial score (nSPS) is 13.5. The van der Waals surface area contributed by atoms with Crippen molar-refractivity contribution in [1.29, 1.82) is 0 Å². The van der Waals surface area contributed by atoms with Crippen molar-refractivity contribution in [2.75, 3.05) is 0 Å². The molecule has 4 nitrogen and oxygen atoms in total. The lowest BCUT2D eigenvalue weighted by Gasteiger charge is -2.20. The largest absolute Gasteiger partial charge is 0.480 e. The Kier molecular flexibility index (Phi) is 6.21. The molecule has 1 amide bonds. The minimum Gasteiger partial charge on any atom is -0.480 e. The van der Waals surface area contributed by atoms with Gasteiger partial charge in [0.05, 0.1) is 0 Å². The molecule has 0 aliphatic carbocycles. The van der Waals surface area contributed by atoms with Crippen LogP contribution in [0.5, 0.6) is 0 Å². The van der Waals surface area contributed by atoms with E-state index in [0.29, 0.717) is 6.42 Å². The summed E-state index contributed by atoms with van der Waals surface area (Å²) in [7, 11) is 0. The van der Waals surface area contributed by atoms with Gasteiger partial charge in [0.25, 0.3) is 0 Å². The molecule has 0 unspecified atom stereocenters. The van der Waals surface area contributed by atoms with Crippen LogP contribution in [0.1, 0.15) is 53.9 Å². The summed E-state index contributed by atoms with van der Waals surface area (Å²) in [6, 6.07) is -0.780. The topological polar surface area (TPSA) is 66.4 Å². The van der Waals surface area contributed by atoms with Gasteiger partial charge in [-0.15, -0.1) is 0 Å². The van der Waals surface area contributed by atoms with Gasteiger partial charge in [0, 0.05) is 6.42 Å². The standard InChI is InChI=1S/C13H25NO3/c1-9(2)11(12(16)17)14-10(15)7-6-8-13(3,4)5/h9,11H,6-8H2,1-5H3,(H,14,15)(H,16,17)/t11-/m0/s1. The Hall–Kier alpha value is -1.06. The lowest BCUT2D eigenvalue weighted by atomic mass is 9.90. The summed E-state index contributed by atoms with van der Waals surface area (Å²) in [5, 5.41) is 11.5. The number of aliphatic carboxylic acids is 1. The molecule has 17 heavy (non-hydrogen) atoms. The van der Waals surface area contributed by atoms with Crippen molar-refractivity contribution < 1.29 is 14.7 Å². The Bertz CT molecular complexity index is 266. The Morgan fingerprint density at radius 2 is 1.76 bits per heavy atom. The van der Waals surface area contributed by atoms with Crippen molar-refractivity contribution in [3.8, 4) is 0 Å². The molecule has 0 radical (unpaired) electrons. The molecule has 0 aromatic rings. The summed E-state index contributed by atoms with van der Waals surface area (Å²) in [5.74, 6) is -1.24. The van der Waals surface area contributed by atoms with Gasteiger partial charge in [-0.3, -0.25) is 4.79 Å². The van der Waals surface area contributed by atoms with E-state index in [1.807, 2.05) is 0 Å². The maximum Gasteiger partial charge on any atom is 0.326 e. The highest BCUT2D eigenvalue weighted by molar-refractivity contribution is 5.83. The second-order valence-electron chi connectivity index (χ2n) is 6.04. The van der Waals surface area contributed by atoms with Crippen molar-refractivity contribution in [3.05, 3.63) is 0 Å². The zero-order valence-electron chi connectivity index (χ0n) is 11.5. The third-order valence-electron chi connectivity index (χ3n) is 2.58. The van der Waals surface area contributed by atoms with Crippen molar-refractivity contribution in [3.63, 3.8) is 0 Å². The Morgan fingerprint density at radius 3 is 2.12 bits per heavy atom. The van der Waals surface area contributed by atoms with E-state index < -0.39 is 12.0 Å². The number of amides is 1. The van der Waals surface area contributed by atoms with E-state index in [9.17, 15) is 9.59 Å². The molecule has 0 aliphatic rings. The monoisotopic (exact) mass is 243 g/mol. The van der Waals surface area contributed by atoms with E-state index in [0.717, 1.165) is 12.8 Å². The number of hydrogen-bond donors (Lipinski definition) is 2. The maximum atomic E-state index is 11.6. The number of carbonyl (C=O) groups excluding carboxylic acids is 1.